The van der Waals surface area contributed by atoms with Crippen molar-refractivity contribution in [3.05, 3.63) is 83.0 Å². The first kappa shape index (κ1) is 18.3. The fourth-order valence-electron chi connectivity index (χ4n) is 3.22. The molecule has 1 aliphatic heterocycles. The minimum atomic E-state index is -0.239. The summed E-state index contributed by atoms with van der Waals surface area (Å²) in [6.45, 7) is 1.71. The van der Waals surface area contributed by atoms with Crippen LogP contribution in [0.3, 0.4) is 0 Å². The van der Waals surface area contributed by atoms with Crippen molar-refractivity contribution in [3.63, 3.8) is 0 Å². The van der Waals surface area contributed by atoms with E-state index in [1.807, 2.05) is 12.1 Å². The summed E-state index contributed by atoms with van der Waals surface area (Å²) in [5.74, 6) is 1.26. The van der Waals surface area contributed by atoms with Gasteiger partial charge in [-0.15, -0.1) is 0 Å². The molecule has 6 heteroatoms. The van der Waals surface area contributed by atoms with Crippen molar-refractivity contribution in [2.24, 2.45) is 0 Å². The molecule has 2 heterocycles. The van der Waals surface area contributed by atoms with E-state index in [1.54, 1.807) is 30.5 Å². The Balaban J connectivity index is 1.32. The van der Waals surface area contributed by atoms with E-state index in [-0.39, 0.29) is 12.5 Å². The zero-order valence-corrected chi connectivity index (χ0v) is 16.0. The highest BCUT2D eigenvalue weighted by Gasteiger charge is 2.17. The molecular weight excluding hydrogens is 374 g/mol. The number of anilines is 2. The number of nitrogens with one attached hydrogen (secondary N) is 1. The molecule has 3 aromatic rings. The van der Waals surface area contributed by atoms with Gasteiger partial charge in [0.05, 0.1) is 11.9 Å². The van der Waals surface area contributed by atoms with E-state index in [0.717, 1.165) is 25.3 Å². The predicted molar refractivity (Wildman–Crippen MR) is 111 cm³/mol. The second-order valence-corrected chi connectivity index (χ2v) is 7.07. The maximum Gasteiger partial charge on any atom is 0.262 e. The van der Waals surface area contributed by atoms with Gasteiger partial charge in [-0.25, -0.2) is 4.98 Å². The molecule has 0 saturated heterocycles. The summed E-state index contributed by atoms with van der Waals surface area (Å²) in [6.07, 6.45) is 2.69. The number of carbonyl (C=O) groups excluding carboxylic acids is 1. The van der Waals surface area contributed by atoms with Crippen LogP contribution in [0.5, 0.6) is 5.75 Å². The Labute approximate surface area is 168 Å². The summed E-state index contributed by atoms with van der Waals surface area (Å²) in [4.78, 5) is 18.8. The van der Waals surface area contributed by atoms with Crippen LogP contribution in [0.4, 0.5) is 11.5 Å². The lowest BCUT2D eigenvalue weighted by Crippen LogP contribution is -2.30. The van der Waals surface area contributed by atoms with Crippen molar-refractivity contribution in [2.45, 2.75) is 13.0 Å². The van der Waals surface area contributed by atoms with Gasteiger partial charge >= 0.3 is 0 Å². The van der Waals surface area contributed by atoms with E-state index >= 15 is 0 Å². The van der Waals surface area contributed by atoms with Gasteiger partial charge in [0.25, 0.3) is 5.91 Å². The van der Waals surface area contributed by atoms with Gasteiger partial charge in [0.15, 0.2) is 6.61 Å². The second-order valence-electron chi connectivity index (χ2n) is 6.64. The first-order valence-corrected chi connectivity index (χ1v) is 9.51. The normalized spacial score (nSPS) is 13.0. The van der Waals surface area contributed by atoms with Crippen molar-refractivity contribution < 1.29 is 9.53 Å². The molecule has 0 aliphatic carbocycles. The van der Waals surface area contributed by atoms with Gasteiger partial charge in [0.2, 0.25) is 0 Å². The summed E-state index contributed by atoms with van der Waals surface area (Å²) < 4.78 is 5.45. The van der Waals surface area contributed by atoms with E-state index < -0.39 is 0 Å². The van der Waals surface area contributed by atoms with Crippen molar-refractivity contribution >= 4 is 29.0 Å². The molecule has 0 bridgehead atoms. The first-order valence-electron chi connectivity index (χ1n) is 9.13. The number of pyridine rings is 1. The smallest absolute Gasteiger partial charge is 0.262 e. The number of hydrogen-bond acceptors (Lipinski definition) is 4. The van der Waals surface area contributed by atoms with E-state index in [1.165, 1.54) is 11.1 Å². The average molecular weight is 394 g/mol. The number of fused-ring (bicyclic) bond motifs is 1. The molecule has 4 rings (SSSR count). The van der Waals surface area contributed by atoms with Gasteiger partial charge in [-0.3, -0.25) is 4.79 Å². The van der Waals surface area contributed by atoms with Crippen LogP contribution in [0.1, 0.15) is 11.1 Å². The number of ether oxygens (including phenoxy) is 1. The Bertz CT molecular complexity index is 958. The molecule has 142 valence electrons. The zero-order valence-electron chi connectivity index (χ0n) is 15.3. The van der Waals surface area contributed by atoms with Crippen LogP contribution >= 0.6 is 11.6 Å². The molecule has 1 amide bonds. The van der Waals surface area contributed by atoms with Gasteiger partial charge < -0.3 is 15.0 Å². The highest BCUT2D eigenvalue weighted by atomic mass is 35.5. The maximum absolute atomic E-state index is 12.1. The van der Waals surface area contributed by atoms with Gasteiger partial charge in [0, 0.05) is 18.1 Å². The number of aromatic nitrogens is 1. The Morgan fingerprint density at radius 3 is 2.61 bits per heavy atom. The Morgan fingerprint density at radius 1 is 1.07 bits per heavy atom. The molecule has 0 atom stereocenters. The first-order chi connectivity index (χ1) is 13.7. The highest BCUT2D eigenvalue weighted by Crippen LogP contribution is 2.23. The van der Waals surface area contributed by atoms with Crippen LogP contribution in [-0.2, 0) is 17.8 Å². The summed E-state index contributed by atoms with van der Waals surface area (Å²) in [6, 6.07) is 19.2. The van der Waals surface area contributed by atoms with E-state index in [9.17, 15) is 4.79 Å². The molecule has 5 nitrogen and oxygen atoms in total. The molecule has 0 radical (unpaired) electrons. The van der Waals surface area contributed by atoms with Crippen LogP contribution in [0.25, 0.3) is 0 Å². The minimum Gasteiger partial charge on any atom is -0.484 e. The Morgan fingerprint density at radius 2 is 1.86 bits per heavy atom. The third-order valence-corrected chi connectivity index (χ3v) is 4.92. The van der Waals surface area contributed by atoms with E-state index in [4.69, 9.17) is 16.3 Å². The van der Waals surface area contributed by atoms with Crippen LogP contribution in [0.2, 0.25) is 5.02 Å². The van der Waals surface area contributed by atoms with Crippen LogP contribution in [0.15, 0.2) is 66.9 Å². The zero-order chi connectivity index (χ0) is 19.3. The lowest BCUT2D eigenvalue weighted by Gasteiger charge is -2.29. The van der Waals surface area contributed by atoms with Crippen molar-refractivity contribution in [1.29, 1.82) is 0 Å². The Kier molecular flexibility index (Phi) is 5.44. The molecule has 0 saturated carbocycles. The lowest BCUT2D eigenvalue weighted by atomic mass is 10.00. The molecule has 1 aliphatic rings. The second kappa shape index (κ2) is 8.31. The quantitative estimate of drug-likeness (QED) is 0.701. The minimum absolute atomic E-state index is 0.0771. The summed E-state index contributed by atoms with van der Waals surface area (Å²) >= 11 is 5.83. The molecular formula is C22H20ClN3O2. The third-order valence-electron chi connectivity index (χ3n) is 4.67. The number of halogens is 1. The summed E-state index contributed by atoms with van der Waals surface area (Å²) in [5, 5.41) is 3.42. The molecule has 2 aromatic carbocycles. The maximum atomic E-state index is 12.1. The van der Waals surface area contributed by atoms with Crippen molar-refractivity contribution in [2.75, 3.05) is 23.4 Å². The lowest BCUT2D eigenvalue weighted by molar-refractivity contribution is -0.118. The van der Waals surface area contributed by atoms with Gasteiger partial charge in [-0.1, -0.05) is 35.9 Å². The summed E-state index contributed by atoms with van der Waals surface area (Å²) in [7, 11) is 0. The fraction of sp³-hybridized carbons (Fsp3) is 0.182. The number of benzene rings is 2. The molecule has 0 unspecified atom stereocenters. The largest absolute Gasteiger partial charge is 0.484 e. The van der Waals surface area contributed by atoms with Crippen molar-refractivity contribution in [1.82, 2.24) is 4.98 Å². The standard InChI is InChI=1S/C22H20ClN3O2/c23-18-5-8-20(9-6-18)28-15-22(27)25-19-7-10-21(24-13-19)26-12-11-16-3-1-2-4-17(16)14-26/h1-10,13H,11-12,14-15H2,(H,25,27). The Hall–Kier alpha value is -3.05. The molecule has 0 fully saturated rings. The number of rotatable bonds is 5. The van der Waals surface area contributed by atoms with Gasteiger partial charge in [-0.05, 0) is 53.9 Å². The average Bonchev–Trinajstić information content (AvgIpc) is 2.73. The molecule has 1 aromatic heterocycles. The van der Waals surface area contributed by atoms with Gasteiger partial charge in [-0.2, -0.15) is 0 Å². The van der Waals surface area contributed by atoms with Crippen LogP contribution in [-0.4, -0.2) is 24.0 Å². The molecule has 0 spiro atoms. The fourth-order valence-corrected chi connectivity index (χ4v) is 3.34. The number of nitrogens with zero attached hydrogens (tertiary/aromatic N) is 2. The van der Waals surface area contributed by atoms with Crippen LogP contribution < -0.4 is 15.0 Å². The number of carbonyl (C=O) groups is 1. The molecule has 28 heavy (non-hydrogen) atoms. The highest BCUT2D eigenvalue weighted by molar-refractivity contribution is 6.30. The van der Waals surface area contributed by atoms with E-state index in [0.29, 0.717) is 16.5 Å². The van der Waals surface area contributed by atoms with Gasteiger partial charge in [0.1, 0.15) is 11.6 Å². The number of hydrogen-bond donors (Lipinski definition) is 1. The SMILES string of the molecule is O=C(COc1ccc(Cl)cc1)Nc1ccc(N2CCc3ccccc3C2)nc1. The topological polar surface area (TPSA) is 54.5 Å². The molecule has 1 N–H and O–H groups in total. The monoisotopic (exact) mass is 393 g/mol. The summed E-state index contributed by atoms with van der Waals surface area (Å²) in [5.41, 5.74) is 3.39. The van der Waals surface area contributed by atoms with E-state index in [2.05, 4.69) is 39.5 Å². The predicted octanol–water partition coefficient (Wildman–Crippen LogP) is 4.32. The van der Waals surface area contributed by atoms with Crippen molar-refractivity contribution in [3.8, 4) is 5.75 Å². The number of amides is 1. The van der Waals surface area contributed by atoms with Crippen LogP contribution in [0, 0.1) is 0 Å². The third kappa shape index (κ3) is 4.43.